The number of halogens is 1. The number of benzene rings is 2. The van der Waals surface area contributed by atoms with Gasteiger partial charge in [0.2, 0.25) is 10.0 Å². The summed E-state index contributed by atoms with van der Waals surface area (Å²) in [4.78, 5) is 0.301. The van der Waals surface area contributed by atoms with Crippen LogP contribution in [0.2, 0.25) is 5.02 Å². The molecule has 0 atom stereocenters. The van der Waals surface area contributed by atoms with E-state index in [1.165, 1.54) is 0 Å². The van der Waals surface area contributed by atoms with Crippen molar-refractivity contribution in [1.29, 1.82) is 0 Å². The third-order valence-corrected chi connectivity index (χ3v) is 4.96. The monoisotopic (exact) mass is 309 g/mol. The standard InChI is InChI=1S/C15H16ClNO2S/c1-11-7-8-15(12(2)9-11)20(18,19)17-10-13-5-3-4-6-14(13)16/h3-9,17H,10H2,1-2H3. The second kappa shape index (κ2) is 5.95. The van der Waals surface area contributed by atoms with Crippen LogP contribution in [-0.4, -0.2) is 8.42 Å². The van der Waals surface area contributed by atoms with Crippen LogP contribution in [-0.2, 0) is 16.6 Å². The minimum absolute atomic E-state index is 0.176. The summed E-state index contributed by atoms with van der Waals surface area (Å²) in [6.07, 6.45) is 0. The van der Waals surface area contributed by atoms with Crippen molar-refractivity contribution in [3.05, 3.63) is 64.2 Å². The molecule has 0 heterocycles. The molecule has 20 heavy (non-hydrogen) atoms. The molecule has 0 radical (unpaired) electrons. The molecule has 0 aliphatic heterocycles. The molecule has 106 valence electrons. The number of nitrogens with one attached hydrogen (secondary N) is 1. The van der Waals surface area contributed by atoms with Gasteiger partial charge in [0.05, 0.1) is 4.90 Å². The van der Waals surface area contributed by atoms with E-state index in [-0.39, 0.29) is 6.54 Å². The molecule has 1 N–H and O–H groups in total. The summed E-state index contributed by atoms with van der Waals surface area (Å²) in [5, 5.41) is 0.552. The highest BCUT2D eigenvalue weighted by molar-refractivity contribution is 7.89. The van der Waals surface area contributed by atoms with Gasteiger partial charge in [0, 0.05) is 11.6 Å². The molecule has 0 aromatic heterocycles. The molecule has 2 aromatic carbocycles. The van der Waals surface area contributed by atoms with Gasteiger partial charge in [-0.25, -0.2) is 13.1 Å². The van der Waals surface area contributed by atoms with Crippen molar-refractivity contribution in [3.8, 4) is 0 Å². The highest BCUT2D eigenvalue weighted by Gasteiger charge is 2.16. The highest BCUT2D eigenvalue weighted by atomic mass is 35.5. The summed E-state index contributed by atoms with van der Waals surface area (Å²) in [6, 6.07) is 12.4. The molecular weight excluding hydrogens is 294 g/mol. The number of hydrogen-bond acceptors (Lipinski definition) is 2. The van der Waals surface area contributed by atoms with Crippen LogP contribution in [0.3, 0.4) is 0 Å². The first kappa shape index (κ1) is 15.0. The minimum atomic E-state index is -3.53. The Morgan fingerprint density at radius 2 is 1.80 bits per heavy atom. The Balaban J connectivity index is 2.22. The van der Waals surface area contributed by atoms with Gasteiger partial charge in [-0.3, -0.25) is 0 Å². The molecule has 0 saturated heterocycles. The molecule has 0 saturated carbocycles. The van der Waals surface area contributed by atoms with E-state index in [4.69, 9.17) is 11.6 Å². The van der Waals surface area contributed by atoms with Gasteiger partial charge in [-0.15, -0.1) is 0 Å². The van der Waals surface area contributed by atoms with Gasteiger partial charge in [-0.2, -0.15) is 0 Å². The van der Waals surface area contributed by atoms with Gasteiger partial charge >= 0.3 is 0 Å². The van der Waals surface area contributed by atoms with E-state index in [1.807, 2.05) is 25.1 Å². The summed E-state index contributed by atoms with van der Waals surface area (Å²) >= 11 is 6.02. The lowest BCUT2D eigenvalue weighted by Gasteiger charge is -2.10. The molecule has 0 spiro atoms. The molecule has 0 aliphatic rings. The lowest BCUT2D eigenvalue weighted by Crippen LogP contribution is -2.24. The maximum atomic E-state index is 12.3. The Morgan fingerprint density at radius 1 is 1.10 bits per heavy atom. The molecule has 0 fully saturated rings. The van der Waals surface area contributed by atoms with E-state index in [2.05, 4.69) is 4.72 Å². The second-order valence-electron chi connectivity index (χ2n) is 4.68. The number of sulfonamides is 1. The van der Waals surface area contributed by atoms with E-state index in [9.17, 15) is 8.42 Å². The second-order valence-corrected chi connectivity index (χ2v) is 6.83. The Morgan fingerprint density at radius 3 is 2.45 bits per heavy atom. The first-order valence-corrected chi connectivity index (χ1v) is 8.06. The fourth-order valence-electron chi connectivity index (χ4n) is 1.99. The van der Waals surface area contributed by atoms with Crippen molar-refractivity contribution in [2.24, 2.45) is 0 Å². The Kier molecular flexibility index (Phi) is 4.48. The molecule has 0 unspecified atom stereocenters. The van der Waals surface area contributed by atoms with Gasteiger partial charge < -0.3 is 0 Å². The van der Waals surface area contributed by atoms with Crippen LogP contribution in [0, 0.1) is 13.8 Å². The number of aryl methyl sites for hydroxylation is 2. The zero-order valence-corrected chi connectivity index (χ0v) is 12.9. The van der Waals surface area contributed by atoms with Crippen molar-refractivity contribution < 1.29 is 8.42 Å². The SMILES string of the molecule is Cc1ccc(S(=O)(=O)NCc2ccccc2Cl)c(C)c1. The summed E-state index contributed by atoms with van der Waals surface area (Å²) < 4.78 is 27.2. The minimum Gasteiger partial charge on any atom is -0.207 e. The normalized spacial score (nSPS) is 11.6. The fourth-order valence-corrected chi connectivity index (χ4v) is 3.43. The predicted octanol–water partition coefficient (Wildman–Crippen LogP) is 3.44. The largest absolute Gasteiger partial charge is 0.241 e. The van der Waals surface area contributed by atoms with Crippen LogP contribution < -0.4 is 4.72 Å². The summed E-state index contributed by atoms with van der Waals surface area (Å²) in [6.45, 7) is 3.90. The lowest BCUT2D eigenvalue weighted by molar-refractivity contribution is 0.580. The van der Waals surface area contributed by atoms with Gasteiger partial charge in [-0.1, -0.05) is 47.5 Å². The summed E-state index contributed by atoms with van der Waals surface area (Å²) in [5.41, 5.74) is 2.52. The molecule has 2 rings (SSSR count). The van der Waals surface area contributed by atoms with Gasteiger partial charge in [0.1, 0.15) is 0 Å². The van der Waals surface area contributed by atoms with Crippen molar-refractivity contribution in [2.75, 3.05) is 0 Å². The van der Waals surface area contributed by atoms with Crippen LogP contribution in [0.5, 0.6) is 0 Å². The smallest absolute Gasteiger partial charge is 0.207 e. The third kappa shape index (κ3) is 3.39. The zero-order chi connectivity index (χ0) is 14.8. The highest BCUT2D eigenvalue weighted by Crippen LogP contribution is 2.18. The van der Waals surface area contributed by atoms with Crippen LogP contribution in [0.25, 0.3) is 0 Å². The van der Waals surface area contributed by atoms with Crippen LogP contribution in [0.15, 0.2) is 47.4 Å². The molecule has 0 amide bonds. The number of hydrogen-bond donors (Lipinski definition) is 1. The van der Waals surface area contributed by atoms with Crippen molar-refractivity contribution in [2.45, 2.75) is 25.3 Å². The van der Waals surface area contributed by atoms with E-state index in [0.717, 1.165) is 16.7 Å². The lowest BCUT2D eigenvalue weighted by atomic mass is 10.2. The topological polar surface area (TPSA) is 46.2 Å². The first-order chi connectivity index (χ1) is 9.40. The third-order valence-electron chi connectivity index (χ3n) is 3.03. The molecule has 0 bridgehead atoms. The quantitative estimate of drug-likeness (QED) is 0.940. The molecule has 5 heteroatoms. The maximum Gasteiger partial charge on any atom is 0.241 e. The van der Waals surface area contributed by atoms with Crippen LogP contribution >= 0.6 is 11.6 Å². The molecule has 2 aromatic rings. The van der Waals surface area contributed by atoms with Crippen molar-refractivity contribution in [1.82, 2.24) is 4.72 Å². The van der Waals surface area contributed by atoms with Gasteiger partial charge in [0.15, 0.2) is 0 Å². The zero-order valence-electron chi connectivity index (χ0n) is 11.4. The Hall–Kier alpha value is -1.36. The fraction of sp³-hybridized carbons (Fsp3) is 0.200. The van der Waals surface area contributed by atoms with Crippen molar-refractivity contribution in [3.63, 3.8) is 0 Å². The summed E-state index contributed by atoms with van der Waals surface area (Å²) in [5.74, 6) is 0. The van der Waals surface area contributed by atoms with Gasteiger partial charge in [0.25, 0.3) is 0 Å². The molecular formula is C15H16ClNO2S. The van der Waals surface area contributed by atoms with E-state index < -0.39 is 10.0 Å². The Bertz CT molecular complexity index is 726. The predicted molar refractivity (Wildman–Crippen MR) is 81.4 cm³/mol. The molecule has 0 aliphatic carbocycles. The van der Waals surface area contributed by atoms with Gasteiger partial charge in [-0.05, 0) is 37.1 Å². The summed E-state index contributed by atoms with van der Waals surface area (Å²) in [7, 11) is -3.53. The van der Waals surface area contributed by atoms with Crippen LogP contribution in [0.1, 0.15) is 16.7 Å². The van der Waals surface area contributed by atoms with E-state index >= 15 is 0 Å². The molecule has 3 nitrogen and oxygen atoms in total. The Labute approximate surface area is 124 Å². The average Bonchev–Trinajstić information content (AvgIpc) is 2.37. The van der Waals surface area contributed by atoms with E-state index in [0.29, 0.717) is 9.92 Å². The first-order valence-electron chi connectivity index (χ1n) is 6.20. The van der Waals surface area contributed by atoms with Crippen molar-refractivity contribution >= 4 is 21.6 Å². The average molecular weight is 310 g/mol. The van der Waals surface area contributed by atoms with Crippen LogP contribution in [0.4, 0.5) is 0 Å². The maximum absolute atomic E-state index is 12.3. The van der Waals surface area contributed by atoms with E-state index in [1.54, 1.807) is 31.2 Å². The number of rotatable bonds is 4.